The molecule has 0 radical (unpaired) electrons. The van der Waals surface area contributed by atoms with Crippen molar-refractivity contribution in [1.29, 1.82) is 0 Å². The molecule has 0 aliphatic rings. The average molecular weight is 461 g/mol. The fourth-order valence-corrected chi connectivity index (χ4v) is 2.39. The summed E-state index contributed by atoms with van der Waals surface area (Å²) in [6, 6.07) is 0. The van der Waals surface area contributed by atoms with Gasteiger partial charge in [-0.15, -0.1) is 0 Å². The molecular weight excluding hydrogens is 420 g/mol. The van der Waals surface area contributed by atoms with Gasteiger partial charge in [-0.1, -0.05) is 0 Å². The van der Waals surface area contributed by atoms with Crippen LogP contribution in [0.1, 0.15) is 34.6 Å². The third-order valence-electron chi connectivity index (χ3n) is 3.99. The first kappa shape index (κ1) is 28.2. The van der Waals surface area contributed by atoms with E-state index in [0.29, 0.717) is 50.9 Å². The number of hydrogen-bond donors (Lipinski definition) is 0. The molecule has 0 bridgehead atoms. The Labute approximate surface area is 191 Å². The lowest BCUT2D eigenvalue weighted by atomic mass is 10.6. The number of anilines is 3. The van der Waals surface area contributed by atoms with E-state index < -0.39 is 0 Å². The third kappa shape index (κ3) is 10.2. The van der Waals surface area contributed by atoms with E-state index in [-0.39, 0.29) is 40.4 Å². The van der Waals surface area contributed by atoms with Gasteiger partial charge < -0.3 is 28.4 Å². The maximum absolute atomic E-state index is 5.61. The van der Waals surface area contributed by atoms with Gasteiger partial charge in [-0.3, -0.25) is 14.7 Å². The fourth-order valence-electron chi connectivity index (χ4n) is 2.39. The Bertz CT molecular complexity index is 545. The molecule has 0 saturated carbocycles. The molecule has 1 heterocycles. The zero-order valence-corrected chi connectivity index (χ0v) is 20.4. The van der Waals surface area contributed by atoms with Crippen LogP contribution in [-0.4, -0.2) is 95.5 Å². The van der Waals surface area contributed by atoms with E-state index in [1.54, 1.807) is 21.8 Å². The largest absolute Gasteiger partial charge is 0.364 e. The number of ether oxygens (including phenoxy) is 6. The van der Waals surface area contributed by atoms with E-state index in [1.165, 1.54) is 0 Å². The van der Waals surface area contributed by atoms with Crippen LogP contribution < -0.4 is 14.7 Å². The van der Waals surface area contributed by atoms with Crippen LogP contribution in [0.15, 0.2) is 0 Å². The highest BCUT2D eigenvalue weighted by molar-refractivity contribution is 5.45. The van der Waals surface area contributed by atoms with Crippen molar-refractivity contribution in [3.63, 3.8) is 0 Å². The van der Waals surface area contributed by atoms with Gasteiger partial charge in [-0.2, -0.15) is 15.0 Å². The molecule has 186 valence electrons. The molecule has 1 aromatic heterocycles. The molecule has 0 spiro atoms. The molecule has 1 aromatic rings. The molecule has 1 rings (SSSR count). The van der Waals surface area contributed by atoms with Gasteiger partial charge in [0.25, 0.3) is 0 Å². The summed E-state index contributed by atoms with van der Waals surface area (Å²) in [5.41, 5.74) is 0. The smallest absolute Gasteiger partial charge is 0.235 e. The first-order valence-corrected chi connectivity index (χ1v) is 11.0. The van der Waals surface area contributed by atoms with Crippen LogP contribution in [0, 0.1) is 0 Å². The first-order chi connectivity index (χ1) is 15.6. The van der Waals surface area contributed by atoms with Crippen molar-refractivity contribution in [3.05, 3.63) is 0 Å². The minimum atomic E-state index is 0.247. The van der Waals surface area contributed by atoms with Crippen molar-refractivity contribution in [2.75, 3.05) is 95.2 Å². The van der Waals surface area contributed by atoms with Crippen molar-refractivity contribution in [2.24, 2.45) is 0 Å². The Kier molecular flexibility index (Phi) is 15.6. The molecular formula is C20H40N6O6. The van der Waals surface area contributed by atoms with Crippen LogP contribution in [0.4, 0.5) is 17.8 Å². The standard InChI is InChI=1S/C20H40N6O6/c1-7-28-13-24(12-27-6)18-21-19(25(14-29-8-2)15-30-9-3)23-20(22-18)26(16-31-10-4)17-32-11-5/h7-17H2,1-6H3. The maximum atomic E-state index is 5.61. The Morgan fingerprint density at radius 3 is 0.938 bits per heavy atom. The average Bonchev–Trinajstić information content (AvgIpc) is 2.81. The van der Waals surface area contributed by atoms with Crippen molar-refractivity contribution in [3.8, 4) is 0 Å². The maximum Gasteiger partial charge on any atom is 0.235 e. The molecule has 0 unspecified atom stereocenters. The normalized spacial score (nSPS) is 11.1. The lowest BCUT2D eigenvalue weighted by Gasteiger charge is -2.28. The van der Waals surface area contributed by atoms with Gasteiger partial charge in [-0.25, -0.2) is 0 Å². The number of rotatable bonds is 20. The van der Waals surface area contributed by atoms with Crippen molar-refractivity contribution in [2.45, 2.75) is 34.6 Å². The molecule has 0 N–H and O–H groups in total. The zero-order chi connectivity index (χ0) is 23.6. The molecule has 0 fully saturated rings. The third-order valence-corrected chi connectivity index (χ3v) is 3.99. The SMILES string of the molecule is CCOCN(COC)c1nc(N(COCC)COCC)nc(N(COCC)COCC)n1. The zero-order valence-electron chi connectivity index (χ0n) is 20.4. The molecule has 0 atom stereocenters. The van der Waals surface area contributed by atoms with Crippen molar-refractivity contribution < 1.29 is 28.4 Å². The summed E-state index contributed by atoms with van der Waals surface area (Å²) in [6.45, 7) is 14.0. The van der Waals surface area contributed by atoms with Crippen molar-refractivity contribution >= 4 is 17.8 Å². The van der Waals surface area contributed by atoms with E-state index in [4.69, 9.17) is 28.4 Å². The molecule has 12 heteroatoms. The second-order valence-electron chi connectivity index (χ2n) is 6.38. The van der Waals surface area contributed by atoms with Crippen LogP contribution in [-0.2, 0) is 28.4 Å². The van der Waals surface area contributed by atoms with E-state index in [2.05, 4.69) is 15.0 Å². The second-order valence-corrected chi connectivity index (χ2v) is 6.38. The number of methoxy groups -OCH3 is 1. The molecule has 0 aliphatic carbocycles. The highest BCUT2D eigenvalue weighted by Crippen LogP contribution is 2.20. The minimum absolute atomic E-state index is 0.247. The summed E-state index contributed by atoms with van der Waals surface area (Å²) in [5.74, 6) is 1.21. The van der Waals surface area contributed by atoms with Crippen LogP contribution >= 0.6 is 0 Å². The summed E-state index contributed by atoms with van der Waals surface area (Å²) >= 11 is 0. The quantitative estimate of drug-likeness (QED) is 0.265. The Hall–Kier alpha value is -1.83. The van der Waals surface area contributed by atoms with E-state index in [0.717, 1.165) is 0 Å². The van der Waals surface area contributed by atoms with Gasteiger partial charge in [0.05, 0.1) is 0 Å². The molecule has 12 nitrogen and oxygen atoms in total. The van der Waals surface area contributed by atoms with Gasteiger partial charge in [-0.05, 0) is 34.6 Å². The Morgan fingerprint density at radius 2 is 0.719 bits per heavy atom. The molecule has 0 aliphatic heterocycles. The van der Waals surface area contributed by atoms with E-state index in [1.807, 2.05) is 34.6 Å². The second kappa shape index (κ2) is 17.7. The van der Waals surface area contributed by atoms with Gasteiger partial charge in [0.15, 0.2) is 0 Å². The highest BCUT2D eigenvalue weighted by Gasteiger charge is 2.21. The van der Waals surface area contributed by atoms with Crippen LogP contribution in [0.3, 0.4) is 0 Å². The van der Waals surface area contributed by atoms with E-state index in [9.17, 15) is 0 Å². The minimum Gasteiger partial charge on any atom is -0.364 e. The molecule has 0 saturated heterocycles. The van der Waals surface area contributed by atoms with Gasteiger partial charge in [0.2, 0.25) is 17.8 Å². The lowest BCUT2D eigenvalue weighted by molar-refractivity contribution is 0.0924. The molecule has 32 heavy (non-hydrogen) atoms. The summed E-state index contributed by atoms with van der Waals surface area (Å²) in [4.78, 5) is 19.4. The van der Waals surface area contributed by atoms with Gasteiger partial charge in [0, 0.05) is 40.1 Å². The summed E-state index contributed by atoms with van der Waals surface area (Å²) in [7, 11) is 1.61. The fraction of sp³-hybridized carbons (Fsp3) is 0.850. The number of hydrogen-bond acceptors (Lipinski definition) is 12. The predicted molar refractivity (Wildman–Crippen MR) is 122 cm³/mol. The topological polar surface area (TPSA) is 104 Å². The Balaban J connectivity index is 3.41. The van der Waals surface area contributed by atoms with Crippen LogP contribution in [0.2, 0.25) is 0 Å². The van der Waals surface area contributed by atoms with Crippen LogP contribution in [0.25, 0.3) is 0 Å². The lowest BCUT2D eigenvalue weighted by Crippen LogP contribution is -2.36. The molecule has 0 aromatic carbocycles. The first-order valence-electron chi connectivity index (χ1n) is 11.0. The number of nitrogens with zero attached hydrogens (tertiary/aromatic N) is 6. The summed E-state index contributed by atoms with van der Waals surface area (Å²) in [6.07, 6.45) is 0. The van der Waals surface area contributed by atoms with Crippen molar-refractivity contribution in [1.82, 2.24) is 15.0 Å². The Morgan fingerprint density at radius 1 is 0.469 bits per heavy atom. The predicted octanol–water partition coefficient (Wildman–Crippen LogP) is 1.86. The summed E-state index contributed by atoms with van der Waals surface area (Å²) < 4.78 is 33.4. The van der Waals surface area contributed by atoms with E-state index >= 15 is 0 Å². The van der Waals surface area contributed by atoms with Gasteiger partial charge in [0.1, 0.15) is 40.4 Å². The highest BCUT2D eigenvalue weighted by atomic mass is 16.5. The monoisotopic (exact) mass is 460 g/mol. The van der Waals surface area contributed by atoms with Gasteiger partial charge >= 0.3 is 0 Å². The summed E-state index contributed by atoms with van der Waals surface area (Å²) in [5, 5.41) is 0. The number of aromatic nitrogens is 3. The molecule has 0 amide bonds. The van der Waals surface area contributed by atoms with Crippen LogP contribution in [0.5, 0.6) is 0 Å².